The summed E-state index contributed by atoms with van der Waals surface area (Å²) in [6.07, 6.45) is 1.61. The Hall–Kier alpha value is -0.0400. The minimum absolute atomic E-state index is 0.0822. The molecule has 0 aromatic carbocycles. The molecule has 0 bridgehead atoms. The van der Waals surface area contributed by atoms with E-state index in [-0.39, 0.29) is 5.78 Å². The lowest BCUT2D eigenvalue weighted by molar-refractivity contribution is 0.103. The van der Waals surface area contributed by atoms with Crippen molar-refractivity contribution in [1.82, 2.24) is 4.98 Å². The highest BCUT2D eigenvalue weighted by molar-refractivity contribution is 9.11. The zero-order valence-corrected chi connectivity index (χ0v) is 13.3. The highest BCUT2D eigenvalue weighted by Gasteiger charge is 2.18. The lowest BCUT2D eigenvalue weighted by atomic mass is 10.2. The van der Waals surface area contributed by atoms with E-state index in [0.29, 0.717) is 15.0 Å². The summed E-state index contributed by atoms with van der Waals surface area (Å²) in [5.41, 5.74) is 0.423. The second kappa shape index (κ2) is 5.08. The fourth-order valence-electron chi connectivity index (χ4n) is 1.14. The average Bonchev–Trinajstić information content (AvgIpc) is 2.63. The van der Waals surface area contributed by atoms with Gasteiger partial charge < -0.3 is 0 Å². The summed E-state index contributed by atoms with van der Waals surface area (Å²) >= 11 is 11.4. The van der Waals surface area contributed by atoms with Crippen LogP contribution in [0.2, 0.25) is 0 Å². The van der Waals surface area contributed by atoms with Gasteiger partial charge in [0.15, 0.2) is 0 Å². The van der Waals surface area contributed by atoms with Gasteiger partial charge in [0, 0.05) is 19.6 Å². The molecule has 82 valence electrons. The monoisotopic (exact) mass is 423 g/mol. The maximum Gasteiger partial charge on any atom is 0.223 e. The van der Waals surface area contributed by atoms with Crippen molar-refractivity contribution in [1.29, 1.82) is 0 Å². The third kappa shape index (κ3) is 2.45. The van der Waals surface area contributed by atoms with E-state index in [0.717, 1.165) is 8.95 Å². The first-order chi connectivity index (χ1) is 7.59. The van der Waals surface area contributed by atoms with Gasteiger partial charge in [-0.3, -0.25) is 9.78 Å². The van der Waals surface area contributed by atoms with Crippen LogP contribution in [0.1, 0.15) is 15.4 Å². The Bertz CT molecular complexity index is 553. The Morgan fingerprint density at radius 3 is 2.56 bits per heavy atom. The standard InChI is InChI=1S/C10H4Br3NOS/c11-5-3-7(13)8(14-4-5)9(15)10-6(12)1-2-16-10/h1-4H. The molecule has 2 aromatic heterocycles. The number of carbonyl (C=O) groups is 1. The highest BCUT2D eigenvalue weighted by atomic mass is 79.9. The summed E-state index contributed by atoms with van der Waals surface area (Å²) < 4.78 is 2.33. The van der Waals surface area contributed by atoms with Gasteiger partial charge in [0.05, 0.1) is 4.88 Å². The molecule has 0 aliphatic rings. The SMILES string of the molecule is O=C(c1ncc(Br)cc1Br)c1sccc1Br. The first-order valence-electron chi connectivity index (χ1n) is 4.18. The van der Waals surface area contributed by atoms with Crippen LogP contribution >= 0.6 is 59.1 Å². The van der Waals surface area contributed by atoms with Crippen molar-refractivity contribution in [2.24, 2.45) is 0 Å². The Morgan fingerprint density at radius 1 is 1.25 bits per heavy atom. The molecule has 2 rings (SSSR count). The predicted octanol–water partition coefficient (Wildman–Crippen LogP) is 4.66. The van der Waals surface area contributed by atoms with E-state index in [9.17, 15) is 4.79 Å². The van der Waals surface area contributed by atoms with E-state index in [1.165, 1.54) is 11.3 Å². The molecule has 0 amide bonds. The summed E-state index contributed by atoms with van der Waals surface area (Å²) in [4.78, 5) is 16.9. The van der Waals surface area contributed by atoms with Crippen LogP contribution < -0.4 is 0 Å². The van der Waals surface area contributed by atoms with Crippen LogP contribution in [0.15, 0.2) is 37.1 Å². The van der Waals surface area contributed by atoms with Gasteiger partial charge in [-0.25, -0.2) is 0 Å². The predicted molar refractivity (Wildman–Crippen MR) is 75.1 cm³/mol. The van der Waals surface area contributed by atoms with E-state index in [4.69, 9.17) is 0 Å². The highest BCUT2D eigenvalue weighted by Crippen LogP contribution is 2.28. The van der Waals surface area contributed by atoms with E-state index in [1.807, 2.05) is 17.5 Å². The average molecular weight is 426 g/mol. The molecule has 16 heavy (non-hydrogen) atoms. The van der Waals surface area contributed by atoms with Crippen LogP contribution in [-0.2, 0) is 0 Å². The first kappa shape index (κ1) is 12.4. The maximum absolute atomic E-state index is 12.1. The van der Waals surface area contributed by atoms with Crippen molar-refractivity contribution in [3.63, 3.8) is 0 Å². The molecule has 0 aliphatic heterocycles. The number of hydrogen-bond acceptors (Lipinski definition) is 3. The molecule has 0 N–H and O–H groups in total. The van der Waals surface area contributed by atoms with E-state index < -0.39 is 0 Å². The number of hydrogen-bond donors (Lipinski definition) is 0. The summed E-state index contributed by atoms with van der Waals surface area (Å²) in [6, 6.07) is 3.66. The minimum atomic E-state index is -0.0822. The van der Waals surface area contributed by atoms with Gasteiger partial charge in [0.1, 0.15) is 5.69 Å². The molecule has 0 radical (unpaired) electrons. The second-order valence-electron chi connectivity index (χ2n) is 2.91. The quantitative estimate of drug-likeness (QED) is 0.655. The summed E-state index contributed by atoms with van der Waals surface area (Å²) in [5, 5.41) is 1.87. The van der Waals surface area contributed by atoms with Crippen LogP contribution in [0.3, 0.4) is 0 Å². The van der Waals surface area contributed by atoms with Crippen LogP contribution in [0.4, 0.5) is 0 Å². The lowest BCUT2D eigenvalue weighted by Gasteiger charge is -2.01. The fourth-order valence-corrected chi connectivity index (χ4v) is 3.80. The number of rotatable bonds is 2. The number of carbonyl (C=O) groups excluding carboxylic acids is 1. The van der Waals surface area contributed by atoms with Crippen molar-refractivity contribution in [2.45, 2.75) is 0 Å². The zero-order chi connectivity index (χ0) is 11.7. The Labute approximate surface area is 121 Å². The molecule has 0 saturated heterocycles. The van der Waals surface area contributed by atoms with Gasteiger partial charge in [0.2, 0.25) is 5.78 Å². The molecule has 0 aliphatic carbocycles. The van der Waals surface area contributed by atoms with Crippen molar-refractivity contribution in [3.8, 4) is 0 Å². The van der Waals surface area contributed by atoms with Crippen molar-refractivity contribution >= 4 is 64.9 Å². The Morgan fingerprint density at radius 2 is 2.00 bits per heavy atom. The van der Waals surface area contributed by atoms with Crippen LogP contribution in [0.25, 0.3) is 0 Å². The zero-order valence-electron chi connectivity index (χ0n) is 7.71. The summed E-state index contributed by atoms with van der Waals surface area (Å²) in [5.74, 6) is -0.0822. The number of pyridine rings is 1. The molecular weight excluding hydrogens is 422 g/mol. The molecule has 0 saturated carbocycles. The molecule has 0 unspecified atom stereocenters. The topological polar surface area (TPSA) is 30.0 Å². The van der Waals surface area contributed by atoms with Crippen LogP contribution in [-0.4, -0.2) is 10.8 Å². The van der Waals surface area contributed by atoms with Gasteiger partial charge >= 0.3 is 0 Å². The maximum atomic E-state index is 12.1. The van der Waals surface area contributed by atoms with E-state index in [2.05, 4.69) is 52.8 Å². The van der Waals surface area contributed by atoms with Gasteiger partial charge in [-0.15, -0.1) is 11.3 Å². The summed E-state index contributed by atoms with van der Waals surface area (Å²) in [6.45, 7) is 0. The molecule has 2 heterocycles. The van der Waals surface area contributed by atoms with E-state index >= 15 is 0 Å². The third-order valence-corrected chi connectivity index (χ3v) is 4.72. The lowest BCUT2D eigenvalue weighted by Crippen LogP contribution is -2.03. The second-order valence-corrected chi connectivity index (χ2v) is 6.45. The van der Waals surface area contributed by atoms with Crippen LogP contribution in [0.5, 0.6) is 0 Å². The molecule has 0 fully saturated rings. The van der Waals surface area contributed by atoms with Crippen molar-refractivity contribution in [3.05, 3.63) is 47.7 Å². The van der Waals surface area contributed by atoms with Gasteiger partial charge in [0.25, 0.3) is 0 Å². The first-order valence-corrected chi connectivity index (χ1v) is 7.44. The van der Waals surface area contributed by atoms with Crippen LogP contribution in [0, 0.1) is 0 Å². The normalized spacial score (nSPS) is 10.4. The van der Waals surface area contributed by atoms with Gasteiger partial charge in [-0.05, 0) is 65.3 Å². The minimum Gasteiger partial charge on any atom is -0.286 e. The summed E-state index contributed by atoms with van der Waals surface area (Å²) in [7, 11) is 0. The van der Waals surface area contributed by atoms with Gasteiger partial charge in [-0.2, -0.15) is 0 Å². The van der Waals surface area contributed by atoms with E-state index in [1.54, 1.807) is 6.20 Å². The van der Waals surface area contributed by atoms with Gasteiger partial charge in [-0.1, -0.05) is 0 Å². The largest absolute Gasteiger partial charge is 0.286 e. The Balaban J connectivity index is 2.46. The number of aromatic nitrogens is 1. The number of nitrogens with zero attached hydrogens (tertiary/aromatic N) is 1. The molecule has 2 aromatic rings. The third-order valence-electron chi connectivity index (χ3n) is 1.85. The van der Waals surface area contributed by atoms with Crippen molar-refractivity contribution in [2.75, 3.05) is 0 Å². The molecule has 6 heteroatoms. The van der Waals surface area contributed by atoms with Crippen molar-refractivity contribution < 1.29 is 4.79 Å². The molecule has 2 nitrogen and oxygen atoms in total. The fraction of sp³-hybridized carbons (Fsp3) is 0. The number of thiophene rings is 1. The number of halogens is 3. The molecule has 0 spiro atoms. The smallest absolute Gasteiger partial charge is 0.223 e. The molecular formula is C10H4Br3NOS. The molecule has 0 atom stereocenters. The number of ketones is 1. The Kier molecular flexibility index (Phi) is 3.94.